The summed E-state index contributed by atoms with van der Waals surface area (Å²) in [6, 6.07) is 6.63. The zero-order chi connectivity index (χ0) is 17.6. The molecule has 0 amide bonds. The third-order valence-corrected chi connectivity index (χ3v) is 3.13. The maximum absolute atomic E-state index is 12.8. The number of anilines is 3. The van der Waals surface area contributed by atoms with E-state index in [1.165, 1.54) is 6.07 Å². The topological polar surface area (TPSA) is 59.1 Å². The summed E-state index contributed by atoms with van der Waals surface area (Å²) in [5, 5.41) is 6.01. The van der Waals surface area contributed by atoms with E-state index in [0.717, 1.165) is 18.6 Å². The van der Waals surface area contributed by atoms with Crippen LogP contribution >= 0.6 is 0 Å². The van der Waals surface area contributed by atoms with Crippen LogP contribution in [-0.2, 0) is 10.9 Å². The first-order valence-corrected chi connectivity index (χ1v) is 7.41. The largest absolute Gasteiger partial charge is 0.416 e. The monoisotopic (exact) mass is 340 g/mol. The standard InChI is InChI=1S/C16H19F3N4O/c1-11-21-14(20-7-4-8-24-2)10-15(22-11)23-13-6-3-5-12(9-13)16(17,18)19/h3,5-6,9-10H,4,7-8H2,1-2H3,(H2,20,21,22,23). The molecule has 0 unspecified atom stereocenters. The van der Waals surface area contributed by atoms with Crippen LogP contribution in [0.1, 0.15) is 17.8 Å². The molecule has 1 aromatic heterocycles. The molecule has 0 bridgehead atoms. The Morgan fingerprint density at radius 2 is 1.88 bits per heavy atom. The number of hydrogen-bond acceptors (Lipinski definition) is 5. The number of rotatable bonds is 7. The molecule has 8 heteroatoms. The van der Waals surface area contributed by atoms with Crippen molar-refractivity contribution in [3.63, 3.8) is 0 Å². The van der Waals surface area contributed by atoms with E-state index in [-0.39, 0.29) is 0 Å². The average Bonchev–Trinajstić information content (AvgIpc) is 2.50. The van der Waals surface area contributed by atoms with Gasteiger partial charge in [-0.25, -0.2) is 9.97 Å². The summed E-state index contributed by atoms with van der Waals surface area (Å²) in [6.45, 7) is 3.03. The lowest BCUT2D eigenvalue weighted by Gasteiger charge is -2.12. The van der Waals surface area contributed by atoms with Gasteiger partial charge in [0.1, 0.15) is 17.5 Å². The summed E-state index contributed by atoms with van der Waals surface area (Å²) in [4.78, 5) is 8.44. The quantitative estimate of drug-likeness (QED) is 0.746. The first-order valence-electron chi connectivity index (χ1n) is 7.41. The van der Waals surface area contributed by atoms with E-state index in [9.17, 15) is 13.2 Å². The maximum atomic E-state index is 12.8. The predicted octanol–water partition coefficient (Wildman–Crippen LogP) is 4.00. The summed E-state index contributed by atoms with van der Waals surface area (Å²) in [7, 11) is 1.63. The lowest BCUT2D eigenvalue weighted by atomic mass is 10.2. The van der Waals surface area contributed by atoms with E-state index in [2.05, 4.69) is 20.6 Å². The summed E-state index contributed by atoms with van der Waals surface area (Å²) >= 11 is 0. The van der Waals surface area contributed by atoms with Crippen LogP contribution in [0.4, 0.5) is 30.5 Å². The average molecular weight is 340 g/mol. The number of alkyl halides is 3. The van der Waals surface area contributed by atoms with E-state index >= 15 is 0 Å². The first kappa shape index (κ1) is 18.0. The third kappa shape index (κ3) is 5.38. The van der Waals surface area contributed by atoms with Crippen LogP contribution in [0.15, 0.2) is 30.3 Å². The second-order valence-corrected chi connectivity index (χ2v) is 5.16. The van der Waals surface area contributed by atoms with Gasteiger partial charge in [-0.3, -0.25) is 0 Å². The molecule has 2 aromatic rings. The van der Waals surface area contributed by atoms with Gasteiger partial charge in [0.2, 0.25) is 0 Å². The molecule has 0 atom stereocenters. The summed E-state index contributed by atoms with van der Waals surface area (Å²) in [5.74, 6) is 1.55. The minimum atomic E-state index is -4.38. The van der Waals surface area contributed by atoms with Gasteiger partial charge in [-0.2, -0.15) is 13.2 Å². The van der Waals surface area contributed by atoms with Gasteiger partial charge in [-0.05, 0) is 31.5 Å². The fourth-order valence-corrected chi connectivity index (χ4v) is 2.08. The molecule has 5 nitrogen and oxygen atoms in total. The molecule has 2 rings (SSSR count). The Bertz CT molecular complexity index is 677. The Morgan fingerprint density at radius 3 is 2.58 bits per heavy atom. The van der Waals surface area contributed by atoms with E-state index in [0.29, 0.717) is 36.3 Å². The maximum Gasteiger partial charge on any atom is 0.416 e. The predicted molar refractivity (Wildman–Crippen MR) is 86.5 cm³/mol. The number of aryl methyl sites for hydroxylation is 1. The highest BCUT2D eigenvalue weighted by Crippen LogP contribution is 2.31. The Balaban J connectivity index is 2.10. The molecule has 24 heavy (non-hydrogen) atoms. The van der Waals surface area contributed by atoms with E-state index in [1.54, 1.807) is 26.2 Å². The minimum Gasteiger partial charge on any atom is -0.385 e. The third-order valence-electron chi connectivity index (χ3n) is 3.13. The number of ether oxygens (including phenoxy) is 1. The molecule has 0 saturated heterocycles. The Kier molecular flexibility index (Phi) is 5.97. The van der Waals surface area contributed by atoms with Crippen LogP contribution in [0.25, 0.3) is 0 Å². The summed E-state index contributed by atoms with van der Waals surface area (Å²) < 4.78 is 43.3. The molecule has 0 radical (unpaired) electrons. The fourth-order valence-electron chi connectivity index (χ4n) is 2.08. The molecule has 130 valence electrons. The molecule has 0 spiro atoms. The SMILES string of the molecule is COCCCNc1cc(Nc2cccc(C(F)(F)F)c2)nc(C)n1. The molecular weight excluding hydrogens is 321 g/mol. The van der Waals surface area contributed by atoms with Gasteiger partial charge in [0.15, 0.2) is 0 Å². The van der Waals surface area contributed by atoms with Crippen LogP contribution in [0.3, 0.4) is 0 Å². The highest BCUT2D eigenvalue weighted by Gasteiger charge is 2.30. The molecular formula is C16H19F3N4O. The van der Waals surface area contributed by atoms with Crippen LogP contribution in [0, 0.1) is 6.92 Å². The van der Waals surface area contributed by atoms with Crippen molar-refractivity contribution in [1.82, 2.24) is 9.97 Å². The van der Waals surface area contributed by atoms with Crippen LogP contribution < -0.4 is 10.6 Å². The summed E-state index contributed by atoms with van der Waals surface area (Å²) in [5.41, 5.74) is -0.399. The number of halogens is 3. The van der Waals surface area contributed by atoms with Gasteiger partial charge in [-0.1, -0.05) is 6.07 Å². The number of aromatic nitrogens is 2. The number of methoxy groups -OCH3 is 1. The zero-order valence-electron chi connectivity index (χ0n) is 13.4. The van der Waals surface area contributed by atoms with Gasteiger partial charge in [0.05, 0.1) is 5.56 Å². The number of benzene rings is 1. The molecule has 0 saturated carbocycles. The van der Waals surface area contributed by atoms with E-state index in [4.69, 9.17) is 4.74 Å². The Morgan fingerprint density at radius 1 is 1.12 bits per heavy atom. The summed E-state index contributed by atoms with van der Waals surface area (Å²) in [6.07, 6.45) is -3.57. The van der Waals surface area contributed by atoms with Gasteiger partial charge in [0, 0.05) is 32.0 Å². The Hall–Kier alpha value is -2.35. The number of nitrogens with one attached hydrogen (secondary N) is 2. The normalized spacial score (nSPS) is 11.4. The van der Waals surface area contributed by atoms with Crippen molar-refractivity contribution in [1.29, 1.82) is 0 Å². The Labute approximate surface area is 138 Å². The number of nitrogens with zero attached hydrogens (tertiary/aromatic N) is 2. The van der Waals surface area contributed by atoms with Gasteiger partial charge < -0.3 is 15.4 Å². The fraction of sp³-hybridized carbons (Fsp3) is 0.375. The molecule has 1 heterocycles. The van der Waals surface area contributed by atoms with Gasteiger partial charge >= 0.3 is 6.18 Å². The second-order valence-electron chi connectivity index (χ2n) is 5.16. The van der Waals surface area contributed by atoms with Crippen molar-refractivity contribution in [2.75, 3.05) is 30.9 Å². The van der Waals surface area contributed by atoms with Crippen LogP contribution in [0.5, 0.6) is 0 Å². The number of hydrogen-bond donors (Lipinski definition) is 2. The lowest BCUT2D eigenvalue weighted by molar-refractivity contribution is -0.137. The van der Waals surface area contributed by atoms with Gasteiger partial charge in [-0.15, -0.1) is 0 Å². The molecule has 0 aliphatic carbocycles. The van der Waals surface area contributed by atoms with Crippen molar-refractivity contribution >= 4 is 17.3 Å². The molecule has 0 fully saturated rings. The highest BCUT2D eigenvalue weighted by atomic mass is 19.4. The second kappa shape index (κ2) is 7.96. The molecule has 1 aromatic carbocycles. The van der Waals surface area contributed by atoms with Crippen molar-refractivity contribution in [3.8, 4) is 0 Å². The molecule has 0 aliphatic heterocycles. The minimum absolute atomic E-state index is 0.313. The van der Waals surface area contributed by atoms with Gasteiger partial charge in [0.25, 0.3) is 0 Å². The van der Waals surface area contributed by atoms with Crippen molar-refractivity contribution < 1.29 is 17.9 Å². The van der Waals surface area contributed by atoms with E-state index in [1.807, 2.05) is 0 Å². The highest BCUT2D eigenvalue weighted by molar-refractivity contribution is 5.60. The first-order chi connectivity index (χ1) is 11.4. The van der Waals surface area contributed by atoms with E-state index < -0.39 is 11.7 Å². The van der Waals surface area contributed by atoms with Crippen molar-refractivity contribution in [2.45, 2.75) is 19.5 Å². The molecule has 2 N–H and O–H groups in total. The van der Waals surface area contributed by atoms with Crippen molar-refractivity contribution in [3.05, 3.63) is 41.7 Å². The lowest BCUT2D eigenvalue weighted by Crippen LogP contribution is -2.08. The van der Waals surface area contributed by atoms with Crippen LogP contribution in [-0.4, -0.2) is 30.2 Å². The van der Waals surface area contributed by atoms with Crippen molar-refractivity contribution in [2.24, 2.45) is 0 Å². The molecule has 0 aliphatic rings. The zero-order valence-corrected chi connectivity index (χ0v) is 13.4. The smallest absolute Gasteiger partial charge is 0.385 e. The van der Waals surface area contributed by atoms with Crippen LogP contribution in [0.2, 0.25) is 0 Å².